The molecule has 0 unspecified atom stereocenters. The summed E-state index contributed by atoms with van der Waals surface area (Å²) >= 11 is 0. The molecule has 1 saturated carbocycles. The van der Waals surface area contributed by atoms with Crippen LogP contribution in [0.5, 0.6) is 5.88 Å². The molecular formula is C25H41N5O5S. The largest absolute Gasteiger partial charge is 0.476 e. The smallest absolute Gasteiger partial charge is 0.410 e. The molecule has 1 aromatic rings. The Balaban J connectivity index is 1.17. The molecular weight excluding hydrogens is 482 g/mol. The quantitative estimate of drug-likeness (QED) is 0.512. The predicted octanol–water partition coefficient (Wildman–Crippen LogP) is 3.14. The van der Waals surface area contributed by atoms with Crippen LogP contribution in [-0.2, 0) is 14.8 Å². The SMILES string of the molecule is CC(C)(C)CCS(=O)(=O)N1CCN(c2cnc(OCC3CCN(C(=O)OC4(C)CC4)CC3)cn2)CC1. The molecule has 0 radical (unpaired) electrons. The van der Waals surface area contributed by atoms with E-state index in [2.05, 4.69) is 35.6 Å². The molecule has 10 nitrogen and oxygen atoms in total. The third-order valence-corrected chi connectivity index (χ3v) is 9.18. The Bertz CT molecular complexity index is 991. The van der Waals surface area contributed by atoms with Crippen molar-refractivity contribution < 1.29 is 22.7 Å². The summed E-state index contributed by atoms with van der Waals surface area (Å²) in [5, 5.41) is 0. The van der Waals surface area contributed by atoms with E-state index in [-0.39, 0.29) is 22.9 Å². The molecule has 4 rings (SSSR count). The monoisotopic (exact) mass is 523 g/mol. The van der Waals surface area contributed by atoms with Gasteiger partial charge >= 0.3 is 6.09 Å². The van der Waals surface area contributed by atoms with Crippen LogP contribution in [0, 0.1) is 11.3 Å². The van der Waals surface area contributed by atoms with Gasteiger partial charge in [0.1, 0.15) is 11.4 Å². The van der Waals surface area contributed by atoms with Crippen LogP contribution in [0.15, 0.2) is 12.4 Å². The minimum Gasteiger partial charge on any atom is -0.476 e. The molecule has 1 aromatic heterocycles. The Hall–Kier alpha value is -2.14. The highest BCUT2D eigenvalue weighted by Crippen LogP contribution is 2.39. The first-order chi connectivity index (χ1) is 16.9. The van der Waals surface area contributed by atoms with Crippen LogP contribution in [0.4, 0.5) is 10.6 Å². The average molecular weight is 524 g/mol. The summed E-state index contributed by atoms with van der Waals surface area (Å²) in [4.78, 5) is 25.0. The number of piperazine rings is 1. The summed E-state index contributed by atoms with van der Waals surface area (Å²) < 4.78 is 38.4. The number of ether oxygens (including phenoxy) is 2. The predicted molar refractivity (Wildman–Crippen MR) is 138 cm³/mol. The van der Waals surface area contributed by atoms with E-state index in [1.807, 2.05) is 6.92 Å². The van der Waals surface area contributed by atoms with Gasteiger partial charge in [-0.1, -0.05) is 20.8 Å². The molecule has 3 aliphatic rings. The number of nitrogens with zero attached hydrogens (tertiary/aromatic N) is 5. The van der Waals surface area contributed by atoms with E-state index in [1.54, 1.807) is 21.6 Å². The van der Waals surface area contributed by atoms with Crippen LogP contribution in [-0.4, -0.2) is 90.9 Å². The molecule has 202 valence electrons. The van der Waals surface area contributed by atoms with Crippen molar-refractivity contribution in [1.82, 2.24) is 19.2 Å². The van der Waals surface area contributed by atoms with E-state index in [0.717, 1.165) is 31.5 Å². The van der Waals surface area contributed by atoms with Gasteiger partial charge in [0, 0.05) is 39.3 Å². The summed E-state index contributed by atoms with van der Waals surface area (Å²) in [6.45, 7) is 12.2. The number of amides is 1. The fourth-order valence-corrected chi connectivity index (χ4v) is 6.19. The van der Waals surface area contributed by atoms with Crippen molar-refractivity contribution in [1.29, 1.82) is 0 Å². The van der Waals surface area contributed by atoms with Crippen molar-refractivity contribution in [3.8, 4) is 5.88 Å². The first kappa shape index (κ1) is 26.9. The number of piperidine rings is 1. The number of sulfonamides is 1. The summed E-state index contributed by atoms with van der Waals surface area (Å²) in [5.74, 6) is 1.75. The van der Waals surface area contributed by atoms with Crippen LogP contribution < -0.4 is 9.64 Å². The normalized spacial score (nSPS) is 21.3. The molecule has 11 heteroatoms. The van der Waals surface area contributed by atoms with E-state index in [0.29, 0.717) is 64.1 Å². The lowest BCUT2D eigenvalue weighted by atomic mass is 9.94. The van der Waals surface area contributed by atoms with Gasteiger partial charge in [-0.15, -0.1) is 0 Å². The Labute approximate surface area is 215 Å². The summed E-state index contributed by atoms with van der Waals surface area (Å²) in [5.41, 5.74) is -0.243. The number of carbonyl (C=O) groups excluding carboxylic acids is 1. The summed E-state index contributed by atoms with van der Waals surface area (Å²) in [7, 11) is -3.24. The first-order valence-electron chi connectivity index (χ1n) is 13.1. The summed E-state index contributed by atoms with van der Waals surface area (Å²) in [6, 6.07) is 0. The second-order valence-electron chi connectivity index (χ2n) is 11.8. The lowest BCUT2D eigenvalue weighted by Gasteiger charge is -2.35. The van der Waals surface area contributed by atoms with Crippen molar-refractivity contribution >= 4 is 21.9 Å². The number of anilines is 1. The van der Waals surface area contributed by atoms with Gasteiger partial charge in [0.25, 0.3) is 0 Å². The first-order valence-corrected chi connectivity index (χ1v) is 14.7. The van der Waals surface area contributed by atoms with Crippen LogP contribution >= 0.6 is 0 Å². The Morgan fingerprint density at radius 2 is 1.72 bits per heavy atom. The molecule has 0 bridgehead atoms. The molecule has 1 amide bonds. The van der Waals surface area contributed by atoms with E-state index in [9.17, 15) is 13.2 Å². The molecule has 36 heavy (non-hydrogen) atoms. The molecule has 1 aliphatic carbocycles. The second kappa shape index (κ2) is 10.7. The van der Waals surface area contributed by atoms with Gasteiger partial charge in [-0.05, 0) is 50.4 Å². The van der Waals surface area contributed by atoms with Crippen molar-refractivity contribution in [3.05, 3.63) is 12.4 Å². The van der Waals surface area contributed by atoms with Gasteiger partial charge in [0.05, 0.1) is 24.8 Å². The molecule has 3 heterocycles. The standard InChI is InChI=1S/C25H41N5O5S/c1-24(2,3)9-16-36(32,33)30-14-12-28(13-15-30)21-17-27-22(18-26-21)34-19-20-5-10-29(11-6-20)23(31)35-25(4)7-8-25/h17-18,20H,5-16,19H2,1-4H3. The van der Waals surface area contributed by atoms with Crippen molar-refractivity contribution in [2.45, 2.75) is 65.4 Å². The zero-order valence-electron chi connectivity index (χ0n) is 22.1. The van der Waals surface area contributed by atoms with Gasteiger partial charge in [-0.2, -0.15) is 4.31 Å². The number of rotatable bonds is 8. The lowest BCUT2D eigenvalue weighted by molar-refractivity contribution is 0.0454. The second-order valence-corrected chi connectivity index (χ2v) is 13.9. The Morgan fingerprint density at radius 1 is 1.06 bits per heavy atom. The summed E-state index contributed by atoms with van der Waals surface area (Å²) in [6.07, 6.45) is 7.44. The molecule has 0 aromatic carbocycles. The molecule has 0 spiro atoms. The van der Waals surface area contributed by atoms with Crippen LogP contribution in [0.3, 0.4) is 0 Å². The zero-order chi connectivity index (χ0) is 26.0. The number of hydrogen-bond acceptors (Lipinski definition) is 8. The highest BCUT2D eigenvalue weighted by molar-refractivity contribution is 7.89. The number of likely N-dealkylation sites (tertiary alicyclic amines) is 1. The molecule has 2 saturated heterocycles. The van der Waals surface area contributed by atoms with Crippen molar-refractivity contribution in [2.24, 2.45) is 11.3 Å². The number of hydrogen-bond donors (Lipinski definition) is 0. The van der Waals surface area contributed by atoms with E-state index in [1.165, 1.54) is 0 Å². The van der Waals surface area contributed by atoms with Crippen LogP contribution in [0.25, 0.3) is 0 Å². The maximum atomic E-state index is 12.7. The lowest BCUT2D eigenvalue weighted by Crippen LogP contribution is -2.49. The average Bonchev–Trinajstić information content (AvgIpc) is 3.58. The molecule has 0 atom stereocenters. The van der Waals surface area contributed by atoms with Gasteiger partial charge in [-0.3, -0.25) is 0 Å². The van der Waals surface area contributed by atoms with Gasteiger partial charge < -0.3 is 19.3 Å². The van der Waals surface area contributed by atoms with Crippen molar-refractivity contribution in [2.75, 3.05) is 56.5 Å². The fourth-order valence-electron chi connectivity index (χ4n) is 4.35. The zero-order valence-corrected chi connectivity index (χ0v) is 22.9. The van der Waals surface area contributed by atoms with E-state index < -0.39 is 10.0 Å². The third-order valence-electron chi connectivity index (χ3n) is 7.31. The minimum absolute atomic E-state index is 0.00615. The highest BCUT2D eigenvalue weighted by atomic mass is 32.2. The van der Waals surface area contributed by atoms with Gasteiger partial charge in [0.2, 0.25) is 15.9 Å². The highest BCUT2D eigenvalue weighted by Gasteiger charge is 2.43. The molecule has 2 aliphatic heterocycles. The Kier molecular flexibility index (Phi) is 7.99. The molecule has 3 fully saturated rings. The fraction of sp³-hybridized carbons (Fsp3) is 0.800. The van der Waals surface area contributed by atoms with Crippen LogP contribution in [0.1, 0.15) is 59.8 Å². The molecule has 0 N–H and O–H groups in total. The third kappa shape index (κ3) is 7.44. The van der Waals surface area contributed by atoms with E-state index in [4.69, 9.17) is 9.47 Å². The minimum atomic E-state index is -3.24. The van der Waals surface area contributed by atoms with Gasteiger partial charge in [-0.25, -0.2) is 23.2 Å². The number of carbonyl (C=O) groups is 1. The van der Waals surface area contributed by atoms with Crippen molar-refractivity contribution in [3.63, 3.8) is 0 Å². The van der Waals surface area contributed by atoms with Crippen LogP contribution in [0.2, 0.25) is 0 Å². The maximum Gasteiger partial charge on any atom is 0.410 e. The van der Waals surface area contributed by atoms with E-state index >= 15 is 0 Å². The number of aromatic nitrogens is 2. The topological polar surface area (TPSA) is 105 Å². The Morgan fingerprint density at radius 3 is 2.28 bits per heavy atom. The van der Waals surface area contributed by atoms with Gasteiger partial charge in [0.15, 0.2) is 0 Å². The maximum absolute atomic E-state index is 12.7.